The minimum Gasteiger partial charge on any atom is -0.443 e. The summed E-state index contributed by atoms with van der Waals surface area (Å²) in [4.78, 5) is 29.2. The van der Waals surface area contributed by atoms with Crippen LogP contribution in [0, 0.1) is 0 Å². The van der Waals surface area contributed by atoms with Gasteiger partial charge in [0.2, 0.25) is 0 Å². The van der Waals surface area contributed by atoms with Crippen molar-refractivity contribution in [1.29, 1.82) is 0 Å². The number of anilines is 2. The quantitative estimate of drug-likeness (QED) is 0.851. The molecule has 7 nitrogen and oxygen atoms in total. The van der Waals surface area contributed by atoms with Crippen molar-refractivity contribution in [2.45, 2.75) is 6.10 Å². The fraction of sp³-hybridized carbons (Fsp3) is 0.385. The second-order valence-electron chi connectivity index (χ2n) is 4.74. The minimum absolute atomic E-state index is 0.208. The Balaban J connectivity index is 1.70. The molecule has 3 rings (SSSR count). The van der Waals surface area contributed by atoms with Crippen LogP contribution in [0.5, 0.6) is 0 Å². The van der Waals surface area contributed by atoms with Crippen LogP contribution >= 0.6 is 8.81 Å². The highest BCUT2D eigenvalue weighted by atomic mass is 31.1. The van der Waals surface area contributed by atoms with Gasteiger partial charge in [-0.3, -0.25) is 4.90 Å². The molecule has 2 heterocycles. The van der Waals surface area contributed by atoms with Crippen molar-refractivity contribution in [2.24, 2.45) is 5.16 Å². The lowest BCUT2D eigenvalue weighted by Crippen LogP contribution is -2.29. The summed E-state index contributed by atoms with van der Waals surface area (Å²) in [6.07, 6.45) is 1.54. The Labute approximate surface area is 124 Å². The van der Waals surface area contributed by atoms with Gasteiger partial charge in [-0.25, -0.2) is 4.79 Å². The number of ether oxygens (including phenoxy) is 1. The van der Waals surface area contributed by atoms with Crippen molar-refractivity contribution in [3.05, 3.63) is 24.3 Å². The molecular formula is C13H16N3O4P. The lowest BCUT2D eigenvalue weighted by Gasteiger charge is -2.22. The highest BCUT2D eigenvalue weighted by molar-refractivity contribution is 7.31. The maximum absolute atomic E-state index is 11.8. The van der Waals surface area contributed by atoms with E-state index >= 15 is 0 Å². The zero-order valence-electron chi connectivity index (χ0n) is 11.3. The number of rotatable bonds is 4. The molecule has 0 radical (unpaired) electrons. The van der Waals surface area contributed by atoms with Crippen LogP contribution in [0.4, 0.5) is 16.2 Å². The first-order chi connectivity index (χ1) is 10.3. The van der Waals surface area contributed by atoms with Crippen molar-refractivity contribution >= 4 is 32.6 Å². The van der Waals surface area contributed by atoms with Gasteiger partial charge in [0.05, 0.1) is 13.1 Å². The van der Waals surface area contributed by atoms with Gasteiger partial charge in [-0.2, -0.15) is 0 Å². The van der Waals surface area contributed by atoms with E-state index in [2.05, 4.69) is 5.16 Å². The van der Waals surface area contributed by atoms with Crippen molar-refractivity contribution in [3.63, 3.8) is 0 Å². The first-order valence-electron chi connectivity index (χ1n) is 6.65. The van der Waals surface area contributed by atoms with Crippen molar-refractivity contribution in [1.82, 2.24) is 0 Å². The molecule has 1 aromatic rings. The molecule has 0 bridgehead atoms. The van der Waals surface area contributed by atoms with Crippen LogP contribution in [-0.4, -0.2) is 49.3 Å². The number of oxime groups is 1. The number of carbonyl (C=O) groups is 1. The molecule has 2 atom stereocenters. The molecule has 0 aliphatic carbocycles. The first-order valence-corrected chi connectivity index (χ1v) is 7.80. The van der Waals surface area contributed by atoms with Gasteiger partial charge in [-0.15, -0.1) is 0 Å². The summed E-state index contributed by atoms with van der Waals surface area (Å²) < 4.78 is 5.20. The molecule has 2 unspecified atom stereocenters. The van der Waals surface area contributed by atoms with Gasteiger partial charge in [0, 0.05) is 26.3 Å². The van der Waals surface area contributed by atoms with E-state index in [1.807, 2.05) is 29.2 Å². The smallest absolute Gasteiger partial charge is 0.414 e. The van der Waals surface area contributed by atoms with Gasteiger partial charge < -0.3 is 19.4 Å². The summed E-state index contributed by atoms with van der Waals surface area (Å²) in [5.41, 5.74) is 1.78. The molecule has 2 aliphatic rings. The van der Waals surface area contributed by atoms with Gasteiger partial charge in [0.1, 0.15) is 19.0 Å². The molecule has 0 saturated carbocycles. The Bertz CT molecular complexity index is 537. The van der Waals surface area contributed by atoms with Gasteiger partial charge >= 0.3 is 6.09 Å². The maximum atomic E-state index is 11.8. The molecule has 112 valence electrons. The van der Waals surface area contributed by atoms with E-state index in [4.69, 9.17) is 14.5 Å². The predicted molar refractivity (Wildman–Crippen MR) is 81.2 cm³/mol. The molecule has 1 N–H and O–H groups in total. The van der Waals surface area contributed by atoms with E-state index in [0.717, 1.165) is 17.9 Å². The fourth-order valence-corrected chi connectivity index (χ4v) is 2.72. The fourth-order valence-electron chi connectivity index (χ4n) is 2.30. The Hall–Kier alpha value is -1.85. The highest BCUT2D eigenvalue weighted by Crippen LogP contribution is 2.26. The zero-order chi connectivity index (χ0) is 14.7. The van der Waals surface area contributed by atoms with Crippen LogP contribution in [0.15, 0.2) is 29.4 Å². The molecule has 1 aromatic carbocycles. The number of benzene rings is 1. The maximum Gasteiger partial charge on any atom is 0.414 e. The molecule has 21 heavy (non-hydrogen) atoms. The molecule has 1 saturated heterocycles. The minimum atomic E-state index is -0.362. The monoisotopic (exact) mass is 309 g/mol. The average Bonchev–Trinajstić information content (AvgIpc) is 2.89. The molecule has 2 aliphatic heterocycles. The van der Waals surface area contributed by atoms with Crippen molar-refractivity contribution < 1.29 is 19.3 Å². The second-order valence-corrected chi connectivity index (χ2v) is 5.47. The lowest BCUT2D eigenvalue weighted by atomic mass is 10.2. The van der Waals surface area contributed by atoms with E-state index < -0.39 is 0 Å². The van der Waals surface area contributed by atoms with Crippen molar-refractivity contribution in [3.8, 4) is 0 Å². The summed E-state index contributed by atoms with van der Waals surface area (Å²) in [5, 5.41) is 3.77. The van der Waals surface area contributed by atoms with Crippen LogP contribution in [0.3, 0.4) is 0 Å². The van der Waals surface area contributed by atoms with E-state index in [-0.39, 0.29) is 21.0 Å². The van der Waals surface area contributed by atoms with Crippen LogP contribution in [0.25, 0.3) is 0 Å². The number of nitrogens with zero attached hydrogens (tertiary/aromatic N) is 3. The van der Waals surface area contributed by atoms with Gasteiger partial charge in [-0.1, -0.05) is 5.16 Å². The Morgan fingerprint density at radius 2 is 2.10 bits per heavy atom. The molecule has 0 aromatic heterocycles. The summed E-state index contributed by atoms with van der Waals surface area (Å²) in [6, 6.07) is 7.62. The number of carbonyl (C=O) groups excluding carboxylic acids is 1. The topological polar surface area (TPSA) is 74.6 Å². The molecule has 1 amide bonds. The first kappa shape index (κ1) is 14.1. The third-order valence-electron chi connectivity index (χ3n) is 3.37. The normalized spacial score (nSPS) is 22.0. The van der Waals surface area contributed by atoms with Crippen LogP contribution < -0.4 is 9.80 Å². The highest BCUT2D eigenvalue weighted by Gasteiger charge is 2.31. The lowest BCUT2D eigenvalue weighted by molar-refractivity contribution is 0.145. The van der Waals surface area contributed by atoms with E-state index in [1.54, 1.807) is 11.2 Å². The third kappa shape index (κ3) is 3.09. The van der Waals surface area contributed by atoms with E-state index in [9.17, 15) is 4.79 Å². The van der Waals surface area contributed by atoms with E-state index in [0.29, 0.717) is 19.3 Å². The van der Waals surface area contributed by atoms with Crippen LogP contribution in [0.1, 0.15) is 0 Å². The summed E-state index contributed by atoms with van der Waals surface area (Å²) >= 11 is 0. The van der Waals surface area contributed by atoms with Crippen molar-refractivity contribution in [2.75, 3.05) is 35.7 Å². The zero-order valence-corrected chi connectivity index (χ0v) is 12.3. The Morgan fingerprint density at radius 3 is 2.76 bits per heavy atom. The third-order valence-corrected chi connectivity index (χ3v) is 4.01. The average molecular weight is 309 g/mol. The largest absolute Gasteiger partial charge is 0.443 e. The number of hydrogen-bond donors (Lipinski definition) is 1. The predicted octanol–water partition coefficient (Wildman–Crippen LogP) is 1.38. The Kier molecular flexibility index (Phi) is 4.22. The summed E-state index contributed by atoms with van der Waals surface area (Å²) in [5.74, 6) is 0. The number of hydrogen-bond acceptors (Lipinski definition) is 6. The standard InChI is InChI=1S/C13H16N3O4P/c17-13-16(7-12(20-13)8-21-18)11-3-1-10(2-4-11)15-5-6-19-14-9-15/h1-4,9,12,18,21H,5-8H2. The Morgan fingerprint density at radius 1 is 1.33 bits per heavy atom. The van der Waals surface area contributed by atoms with Crippen LogP contribution in [0.2, 0.25) is 0 Å². The summed E-state index contributed by atoms with van der Waals surface area (Å²) in [7, 11) is -0.208. The van der Waals surface area contributed by atoms with Crippen LogP contribution in [-0.2, 0) is 9.57 Å². The SMILES string of the molecule is O=C1OC(CPO)CN1c1ccc(N2C=NOCC2)cc1. The summed E-state index contributed by atoms with van der Waals surface area (Å²) in [6.45, 7) is 1.78. The number of cyclic esters (lactones) is 1. The van der Waals surface area contributed by atoms with Gasteiger partial charge in [0.25, 0.3) is 0 Å². The van der Waals surface area contributed by atoms with Gasteiger partial charge in [0.15, 0.2) is 0 Å². The molecular weight excluding hydrogens is 293 g/mol. The molecule has 0 spiro atoms. The second kappa shape index (κ2) is 6.28. The molecule has 8 heteroatoms. The van der Waals surface area contributed by atoms with E-state index in [1.165, 1.54) is 0 Å². The van der Waals surface area contributed by atoms with Gasteiger partial charge in [-0.05, 0) is 24.3 Å². The molecule has 1 fully saturated rings. The number of amides is 1.